The predicted molar refractivity (Wildman–Crippen MR) is 73.7 cm³/mol. The average molecular weight is 275 g/mol. The second kappa shape index (κ2) is 4.16. The van der Waals surface area contributed by atoms with E-state index in [1.165, 1.54) is 6.33 Å². The van der Waals surface area contributed by atoms with E-state index in [0.717, 1.165) is 16.9 Å². The molecule has 20 heavy (non-hydrogen) atoms. The molecule has 0 spiro atoms. The molecule has 3 rings (SSSR count). The Morgan fingerprint density at radius 3 is 2.65 bits per heavy atom. The van der Waals surface area contributed by atoms with Crippen LogP contribution in [0.1, 0.15) is 20.8 Å². The van der Waals surface area contributed by atoms with Gasteiger partial charge in [-0.3, -0.25) is 4.79 Å². The molecule has 1 N–H and O–H groups in total. The molecule has 1 aliphatic rings. The van der Waals surface area contributed by atoms with Gasteiger partial charge in [-0.1, -0.05) is 0 Å². The lowest BCUT2D eigenvalue weighted by molar-refractivity contribution is -0.142. The summed E-state index contributed by atoms with van der Waals surface area (Å²) in [5.41, 5.74) is 0.618. The predicted octanol–water partition coefficient (Wildman–Crippen LogP) is 1.10. The first-order chi connectivity index (χ1) is 9.38. The Hall–Kier alpha value is -2.18. The van der Waals surface area contributed by atoms with E-state index in [-0.39, 0.29) is 11.5 Å². The third-order valence-corrected chi connectivity index (χ3v) is 3.51. The Kier molecular flexibility index (Phi) is 2.67. The zero-order valence-electron chi connectivity index (χ0n) is 11.7. The number of carboxylic acids is 1. The first kappa shape index (κ1) is 12.8. The highest BCUT2D eigenvalue weighted by Gasteiger charge is 2.34. The summed E-state index contributed by atoms with van der Waals surface area (Å²) in [7, 11) is 0. The van der Waals surface area contributed by atoms with Crippen LogP contribution < -0.4 is 4.90 Å². The van der Waals surface area contributed by atoms with Crippen molar-refractivity contribution >= 4 is 22.8 Å². The van der Waals surface area contributed by atoms with Gasteiger partial charge in [0.2, 0.25) is 0 Å². The van der Waals surface area contributed by atoms with Crippen LogP contribution in [0.15, 0.2) is 12.5 Å². The zero-order chi connectivity index (χ0) is 14.5. The molecule has 7 nitrogen and oxygen atoms in total. The SMILES string of the molecule is CC(C)(C)n1ncc2c(N3CC(C(=O)O)C3)ncnc21. The molecule has 1 fully saturated rings. The summed E-state index contributed by atoms with van der Waals surface area (Å²) in [6.07, 6.45) is 3.26. The summed E-state index contributed by atoms with van der Waals surface area (Å²) in [6.45, 7) is 7.16. The summed E-state index contributed by atoms with van der Waals surface area (Å²) in [4.78, 5) is 21.4. The van der Waals surface area contributed by atoms with Crippen molar-refractivity contribution in [2.24, 2.45) is 5.92 Å². The highest BCUT2D eigenvalue weighted by atomic mass is 16.4. The van der Waals surface area contributed by atoms with Crippen LogP contribution in [-0.2, 0) is 10.3 Å². The van der Waals surface area contributed by atoms with Gasteiger partial charge in [-0.25, -0.2) is 14.6 Å². The van der Waals surface area contributed by atoms with E-state index in [1.807, 2.05) is 9.58 Å². The largest absolute Gasteiger partial charge is 0.481 e. The van der Waals surface area contributed by atoms with Gasteiger partial charge < -0.3 is 10.0 Å². The smallest absolute Gasteiger partial charge is 0.310 e. The van der Waals surface area contributed by atoms with Crippen molar-refractivity contribution in [3.63, 3.8) is 0 Å². The van der Waals surface area contributed by atoms with Crippen LogP contribution in [0.3, 0.4) is 0 Å². The molecule has 2 aromatic heterocycles. The summed E-state index contributed by atoms with van der Waals surface area (Å²) < 4.78 is 1.86. The van der Waals surface area contributed by atoms with Gasteiger partial charge in [0.15, 0.2) is 5.65 Å². The standard InChI is InChI=1S/C13H17N5O2/c1-13(2,3)18-11-9(4-16-18)10(14-7-15-11)17-5-8(6-17)12(19)20/h4,7-8H,5-6H2,1-3H3,(H,19,20). The van der Waals surface area contributed by atoms with Crippen molar-refractivity contribution < 1.29 is 9.90 Å². The van der Waals surface area contributed by atoms with Crippen LogP contribution in [0.5, 0.6) is 0 Å². The normalized spacial score (nSPS) is 16.4. The van der Waals surface area contributed by atoms with Crippen molar-refractivity contribution in [1.29, 1.82) is 0 Å². The van der Waals surface area contributed by atoms with Crippen molar-refractivity contribution in [2.45, 2.75) is 26.3 Å². The van der Waals surface area contributed by atoms with Gasteiger partial charge >= 0.3 is 5.97 Å². The van der Waals surface area contributed by atoms with Crippen molar-refractivity contribution in [1.82, 2.24) is 19.7 Å². The number of aromatic nitrogens is 4. The van der Waals surface area contributed by atoms with E-state index in [9.17, 15) is 4.79 Å². The van der Waals surface area contributed by atoms with Gasteiger partial charge in [0.05, 0.1) is 23.0 Å². The molecule has 0 unspecified atom stereocenters. The molecule has 3 heterocycles. The second-order valence-corrected chi connectivity index (χ2v) is 6.10. The topological polar surface area (TPSA) is 84.1 Å². The fourth-order valence-electron chi connectivity index (χ4n) is 2.38. The number of carbonyl (C=O) groups is 1. The van der Waals surface area contributed by atoms with Gasteiger partial charge in [0.25, 0.3) is 0 Å². The highest BCUT2D eigenvalue weighted by molar-refractivity contribution is 5.88. The molecule has 0 atom stereocenters. The lowest BCUT2D eigenvalue weighted by atomic mass is 10.0. The van der Waals surface area contributed by atoms with E-state index in [2.05, 4.69) is 35.8 Å². The van der Waals surface area contributed by atoms with Crippen LogP contribution >= 0.6 is 0 Å². The molecule has 106 valence electrons. The number of hydrogen-bond acceptors (Lipinski definition) is 5. The Labute approximate surface area is 116 Å². The first-order valence-electron chi connectivity index (χ1n) is 6.55. The molecule has 0 aromatic carbocycles. The maximum atomic E-state index is 10.9. The molecule has 0 aliphatic carbocycles. The van der Waals surface area contributed by atoms with Crippen molar-refractivity contribution in [2.75, 3.05) is 18.0 Å². The number of carboxylic acid groups (broad SMARTS) is 1. The number of fused-ring (bicyclic) bond motifs is 1. The van der Waals surface area contributed by atoms with E-state index in [4.69, 9.17) is 5.11 Å². The minimum absolute atomic E-state index is 0.161. The maximum Gasteiger partial charge on any atom is 0.310 e. The quantitative estimate of drug-likeness (QED) is 0.883. The fraction of sp³-hybridized carbons (Fsp3) is 0.538. The maximum absolute atomic E-state index is 10.9. The van der Waals surface area contributed by atoms with Crippen LogP contribution in [-0.4, -0.2) is 43.9 Å². The lowest BCUT2D eigenvalue weighted by Gasteiger charge is -2.37. The van der Waals surface area contributed by atoms with E-state index < -0.39 is 5.97 Å². The lowest BCUT2D eigenvalue weighted by Crippen LogP contribution is -2.50. The number of nitrogens with zero attached hydrogens (tertiary/aromatic N) is 5. The molecule has 7 heteroatoms. The van der Waals surface area contributed by atoms with Crippen LogP contribution in [0.2, 0.25) is 0 Å². The number of anilines is 1. The van der Waals surface area contributed by atoms with Crippen LogP contribution in [0.25, 0.3) is 11.0 Å². The van der Waals surface area contributed by atoms with E-state index in [0.29, 0.717) is 13.1 Å². The number of rotatable bonds is 2. The van der Waals surface area contributed by atoms with Crippen molar-refractivity contribution in [3.05, 3.63) is 12.5 Å². The van der Waals surface area contributed by atoms with Gasteiger partial charge in [-0.05, 0) is 20.8 Å². The molecular weight excluding hydrogens is 258 g/mol. The minimum atomic E-state index is -0.753. The third-order valence-electron chi connectivity index (χ3n) is 3.51. The molecule has 0 amide bonds. The fourth-order valence-corrected chi connectivity index (χ4v) is 2.38. The molecule has 0 bridgehead atoms. The molecule has 0 saturated carbocycles. The zero-order valence-corrected chi connectivity index (χ0v) is 11.7. The highest BCUT2D eigenvalue weighted by Crippen LogP contribution is 2.30. The summed E-state index contributed by atoms with van der Waals surface area (Å²) in [6, 6.07) is 0. The Bertz CT molecular complexity index is 667. The van der Waals surface area contributed by atoms with Gasteiger partial charge in [-0.15, -0.1) is 0 Å². The summed E-state index contributed by atoms with van der Waals surface area (Å²) in [5, 5.41) is 14.2. The molecule has 1 saturated heterocycles. The third kappa shape index (κ3) is 1.90. The minimum Gasteiger partial charge on any atom is -0.481 e. The number of aliphatic carboxylic acids is 1. The van der Waals surface area contributed by atoms with Crippen LogP contribution in [0, 0.1) is 5.92 Å². The molecule has 2 aromatic rings. The van der Waals surface area contributed by atoms with Crippen LogP contribution in [0.4, 0.5) is 5.82 Å². The molecular formula is C13H17N5O2. The molecule has 1 aliphatic heterocycles. The van der Waals surface area contributed by atoms with Gasteiger partial charge in [0.1, 0.15) is 12.1 Å². The monoisotopic (exact) mass is 275 g/mol. The van der Waals surface area contributed by atoms with Crippen molar-refractivity contribution in [3.8, 4) is 0 Å². The van der Waals surface area contributed by atoms with E-state index >= 15 is 0 Å². The van der Waals surface area contributed by atoms with Gasteiger partial charge in [-0.2, -0.15) is 5.10 Å². The summed E-state index contributed by atoms with van der Waals surface area (Å²) in [5.74, 6) is -0.294. The second-order valence-electron chi connectivity index (χ2n) is 6.10. The Morgan fingerprint density at radius 2 is 2.05 bits per heavy atom. The van der Waals surface area contributed by atoms with Gasteiger partial charge in [0, 0.05) is 13.1 Å². The average Bonchev–Trinajstić information content (AvgIpc) is 2.70. The van der Waals surface area contributed by atoms with E-state index in [1.54, 1.807) is 6.20 Å². The first-order valence-corrected chi connectivity index (χ1v) is 6.55. The Balaban J connectivity index is 1.98. The number of hydrogen-bond donors (Lipinski definition) is 1. The summed E-state index contributed by atoms with van der Waals surface area (Å²) >= 11 is 0. The Morgan fingerprint density at radius 1 is 1.35 bits per heavy atom. The molecule has 0 radical (unpaired) electrons.